The first-order valence-corrected chi connectivity index (χ1v) is 8.33. The lowest BCUT2D eigenvalue weighted by atomic mass is 9.77. The summed E-state index contributed by atoms with van der Waals surface area (Å²) in [5, 5.41) is 3.48. The van der Waals surface area contributed by atoms with Crippen molar-refractivity contribution in [1.82, 2.24) is 5.32 Å². The van der Waals surface area contributed by atoms with Gasteiger partial charge in [-0.15, -0.1) is 0 Å². The molecule has 3 rings (SSSR count). The van der Waals surface area contributed by atoms with E-state index in [2.05, 4.69) is 29.6 Å². The molecule has 98 valence electrons. The first-order chi connectivity index (χ1) is 8.48. The highest BCUT2D eigenvalue weighted by Crippen LogP contribution is 2.35. The highest BCUT2D eigenvalue weighted by molar-refractivity contribution is 7.91. The monoisotopic (exact) mass is 265 g/mol. The molecule has 1 fully saturated rings. The summed E-state index contributed by atoms with van der Waals surface area (Å²) in [6.45, 7) is 2.92. The van der Waals surface area contributed by atoms with Crippen molar-refractivity contribution in [3.63, 3.8) is 0 Å². The van der Waals surface area contributed by atoms with Crippen molar-refractivity contribution < 1.29 is 8.42 Å². The van der Waals surface area contributed by atoms with E-state index in [1.54, 1.807) is 0 Å². The molecule has 1 aliphatic heterocycles. The molecule has 0 radical (unpaired) electrons. The quantitative estimate of drug-likeness (QED) is 0.901. The molecule has 1 aromatic rings. The van der Waals surface area contributed by atoms with Gasteiger partial charge in [-0.3, -0.25) is 0 Å². The molecule has 0 saturated carbocycles. The molecule has 0 aromatic heterocycles. The Balaban J connectivity index is 1.61. The average molecular weight is 265 g/mol. The van der Waals surface area contributed by atoms with Gasteiger partial charge >= 0.3 is 0 Å². The van der Waals surface area contributed by atoms with Crippen LogP contribution in [0.1, 0.15) is 30.4 Å². The smallest absolute Gasteiger partial charge is 0.152 e. The molecule has 4 heteroatoms. The maximum atomic E-state index is 11.5. The largest absolute Gasteiger partial charge is 0.310 e. The van der Waals surface area contributed by atoms with E-state index < -0.39 is 9.84 Å². The molecule has 0 spiro atoms. The van der Waals surface area contributed by atoms with Crippen LogP contribution in [0.3, 0.4) is 0 Å². The summed E-state index contributed by atoms with van der Waals surface area (Å²) in [6, 6.07) is 8.51. The molecule has 2 unspecified atom stereocenters. The predicted molar refractivity (Wildman–Crippen MR) is 72.6 cm³/mol. The second-order valence-corrected chi connectivity index (χ2v) is 8.07. The molecule has 2 aliphatic rings. The molecule has 0 bridgehead atoms. The van der Waals surface area contributed by atoms with E-state index in [-0.39, 0.29) is 11.3 Å². The van der Waals surface area contributed by atoms with E-state index >= 15 is 0 Å². The van der Waals surface area contributed by atoms with Crippen molar-refractivity contribution in [3.8, 4) is 0 Å². The number of fused-ring (bicyclic) bond motifs is 1. The lowest BCUT2D eigenvalue weighted by Gasteiger charge is -2.34. The molecular weight excluding hydrogens is 246 g/mol. The Morgan fingerprint density at radius 3 is 2.83 bits per heavy atom. The fraction of sp³-hybridized carbons (Fsp3) is 0.571. The zero-order valence-corrected chi connectivity index (χ0v) is 11.5. The summed E-state index contributed by atoms with van der Waals surface area (Å²) in [7, 11) is -2.81. The van der Waals surface area contributed by atoms with Crippen LogP contribution in [-0.4, -0.2) is 32.0 Å². The van der Waals surface area contributed by atoms with E-state index in [1.165, 1.54) is 11.1 Å². The van der Waals surface area contributed by atoms with Gasteiger partial charge in [0, 0.05) is 18.0 Å². The fourth-order valence-corrected chi connectivity index (χ4v) is 5.19. The molecule has 3 nitrogen and oxygen atoms in total. The highest BCUT2D eigenvalue weighted by atomic mass is 32.2. The van der Waals surface area contributed by atoms with Crippen LogP contribution in [0.15, 0.2) is 24.3 Å². The first-order valence-electron chi connectivity index (χ1n) is 6.51. The number of hydrogen-bond acceptors (Lipinski definition) is 3. The minimum atomic E-state index is -2.81. The van der Waals surface area contributed by atoms with E-state index in [0.29, 0.717) is 11.7 Å². The normalized spacial score (nSPS) is 32.8. The van der Waals surface area contributed by atoms with Gasteiger partial charge in [0.15, 0.2) is 9.84 Å². The molecule has 1 N–H and O–H groups in total. The van der Waals surface area contributed by atoms with Crippen molar-refractivity contribution >= 4 is 9.84 Å². The number of benzene rings is 1. The lowest BCUT2D eigenvalue weighted by molar-refractivity contribution is 0.372. The minimum Gasteiger partial charge on any atom is -0.310 e. The van der Waals surface area contributed by atoms with Crippen LogP contribution >= 0.6 is 0 Å². The Bertz CT molecular complexity index is 567. The van der Waals surface area contributed by atoms with E-state index in [1.807, 2.05) is 6.92 Å². The molecule has 1 heterocycles. The van der Waals surface area contributed by atoms with Crippen LogP contribution in [0.4, 0.5) is 0 Å². The SMILES string of the molecule is CC1(NCC2Cc3ccccc32)CCS(=O)(=O)C1. The highest BCUT2D eigenvalue weighted by Gasteiger charge is 2.39. The first kappa shape index (κ1) is 12.2. The third-order valence-corrected chi connectivity index (χ3v) is 6.14. The zero-order chi connectivity index (χ0) is 12.8. The lowest BCUT2D eigenvalue weighted by Crippen LogP contribution is -2.46. The second kappa shape index (κ2) is 4.07. The van der Waals surface area contributed by atoms with Crippen molar-refractivity contribution in [2.45, 2.75) is 31.2 Å². The van der Waals surface area contributed by atoms with Gasteiger partial charge in [-0.2, -0.15) is 0 Å². The minimum absolute atomic E-state index is 0.219. The number of hydrogen-bond donors (Lipinski definition) is 1. The van der Waals surface area contributed by atoms with Gasteiger partial charge in [-0.1, -0.05) is 24.3 Å². The third kappa shape index (κ3) is 2.19. The standard InChI is InChI=1S/C14H19NO2S/c1-14(6-7-18(16,17)10-14)15-9-12-8-11-4-2-3-5-13(11)12/h2-5,12,15H,6-10H2,1H3. The topological polar surface area (TPSA) is 46.2 Å². The summed E-state index contributed by atoms with van der Waals surface area (Å²) in [5.74, 6) is 1.17. The summed E-state index contributed by atoms with van der Waals surface area (Å²) in [5.41, 5.74) is 2.64. The molecule has 0 amide bonds. The number of sulfone groups is 1. The van der Waals surface area contributed by atoms with Gasteiger partial charge in [0.25, 0.3) is 0 Å². The Kier molecular flexibility index (Phi) is 2.75. The van der Waals surface area contributed by atoms with Crippen LogP contribution < -0.4 is 5.32 Å². The van der Waals surface area contributed by atoms with Crippen LogP contribution in [0.25, 0.3) is 0 Å². The molecule has 1 aliphatic carbocycles. The second-order valence-electron chi connectivity index (χ2n) is 5.88. The summed E-state index contributed by atoms with van der Waals surface area (Å²) < 4.78 is 23.1. The van der Waals surface area contributed by atoms with Gasteiger partial charge in [0.2, 0.25) is 0 Å². The van der Waals surface area contributed by atoms with Crippen LogP contribution in [0.5, 0.6) is 0 Å². The summed E-state index contributed by atoms with van der Waals surface area (Å²) in [6.07, 6.45) is 1.86. The third-order valence-electron chi connectivity index (χ3n) is 4.24. The molecule has 1 aromatic carbocycles. The van der Waals surface area contributed by atoms with Crippen molar-refractivity contribution in [2.75, 3.05) is 18.1 Å². The Hall–Kier alpha value is -0.870. The van der Waals surface area contributed by atoms with E-state index in [9.17, 15) is 8.42 Å². The molecule has 18 heavy (non-hydrogen) atoms. The van der Waals surface area contributed by atoms with Gasteiger partial charge in [-0.25, -0.2) is 8.42 Å². The number of nitrogens with one attached hydrogen (secondary N) is 1. The van der Waals surface area contributed by atoms with Gasteiger partial charge in [-0.05, 0) is 30.9 Å². The predicted octanol–water partition coefficient (Wildman–Crippen LogP) is 1.49. The van der Waals surface area contributed by atoms with Gasteiger partial charge in [0.05, 0.1) is 11.5 Å². The fourth-order valence-electron chi connectivity index (χ4n) is 3.06. The molecular formula is C14H19NO2S. The number of rotatable bonds is 3. The maximum Gasteiger partial charge on any atom is 0.152 e. The van der Waals surface area contributed by atoms with E-state index in [0.717, 1.165) is 19.4 Å². The van der Waals surface area contributed by atoms with Crippen molar-refractivity contribution in [2.24, 2.45) is 0 Å². The average Bonchev–Trinajstić information content (AvgIpc) is 2.55. The summed E-state index contributed by atoms with van der Waals surface area (Å²) >= 11 is 0. The molecule has 2 atom stereocenters. The Morgan fingerprint density at radius 2 is 2.17 bits per heavy atom. The van der Waals surface area contributed by atoms with Crippen molar-refractivity contribution in [1.29, 1.82) is 0 Å². The Morgan fingerprint density at radius 1 is 1.39 bits per heavy atom. The zero-order valence-electron chi connectivity index (χ0n) is 10.6. The Labute approximate surface area is 109 Å². The van der Waals surface area contributed by atoms with Crippen LogP contribution in [-0.2, 0) is 16.3 Å². The summed E-state index contributed by atoms with van der Waals surface area (Å²) in [4.78, 5) is 0. The molecule has 1 saturated heterocycles. The van der Waals surface area contributed by atoms with Gasteiger partial charge in [0.1, 0.15) is 0 Å². The van der Waals surface area contributed by atoms with E-state index in [4.69, 9.17) is 0 Å². The van der Waals surface area contributed by atoms with Crippen LogP contribution in [0.2, 0.25) is 0 Å². The van der Waals surface area contributed by atoms with Crippen molar-refractivity contribution in [3.05, 3.63) is 35.4 Å². The maximum absolute atomic E-state index is 11.5. The van der Waals surface area contributed by atoms with Gasteiger partial charge < -0.3 is 5.32 Å². The van der Waals surface area contributed by atoms with Crippen LogP contribution in [0, 0.1) is 0 Å².